The smallest absolute Gasteiger partial charge is 0.167 e. The maximum absolute atomic E-state index is 14.2. The maximum atomic E-state index is 14.2. The third-order valence-electron chi connectivity index (χ3n) is 6.72. The highest BCUT2D eigenvalue weighted by atomic mass is 19.1. The molecule has 0 spiro atoms. The first kappa shape index (κ1) is 23.6. The Kier molecular flexibility index (Phi) is 6.90. The van der Waals surface area contributed by atoms with Crippen molar-refractivity contribution in [1.82, 2.24) is 19.5 Å². The molecule has 1 saturated heterocycles. The van der Waals surface area contributed by atoms with E-state index in [-0.39, 0.29) is 17.9 Å². The molecule has 1 aliphatic carbocycles. The normalized spacial score (nSPS) is 28.6. The molecule has 3 heterocycles. The van der Waals surface area contributed by atoms with Crippen molar-refractivity contribution in [2.24, 2.45) is 5.92 Å². The molecule has 184 valence electrons. The number of rotatable bonds is 5. The summed E-state index contributed by atoms with van der Waals surface area (Å²) in [5.74, 6) is 5.54. The van der Waals surface area contributed by atoms with Gasteiger partial charge in [-0.2, -0.15) is 0 Å². The summed E-state index contributed by atoms with van der Waals surface area (Å²) >= 11 is 0. The summed E-state index contributed by atoms with van der Waals surface area (Å²) in [5.41, 5.74) is 1.13. The average molecular weight is 484 g/mol. The van der Waals surface area contributed by atoms with Crippen molar-refractivity contribution in [3.8, 4) is 11.8 Å². The van der Waals surface area contributed by atoms with E-state index in [0.29, 0.717) is 29.9 Å². The van der Waals surface area contributed by atoms with Gasteiger partial charge in [0.05, 0.1) is 18.0 Å². The molecule has 1 aromatic carbocycles. The van der Waals surface area contributed by atoms with Crippen LogP contribution in [0.4, 0.5) is 14.6 Å². The lowest BCUT2D eigenvalue weighted by atomic mass is 9.87. The van der Waals surface area contributed by atoms with Crippen molar-refractivity contribution in [2.75, 3.05) is 11.9 Å². The van der Waals surface area contributed by atoms with Gasteiger partial charge in [0.25, 0.3) is 0 Å². The zero-order valence-corrected chi connectivity index (χ0v) is 19.0. The van der Waals surface area contributed by atoms with Crippen LogP contribution in [0.3, 0.4) is 0 Å². The van der Waals surface area contributed by atoms with E-state index in [2.05, 4.69) is 32.1 Å². The first-order valence-electron chi connectivity index (χ1n) is 11.8. The molecule has 2 unspecified atom stereocenters. The molecule has 0 bridgehead atoms. The van der Waals surface area contributed by atoms with Crippen molar-refractivity contribution in [3.63, 3.8) is 0 Å². The van der Waals surface area contributed by atoms with Crippen molar-refractivity contribution in [1.29, 1.82) is 0 Å². The number of fused-ring (bicyclic) bond motifs is 1. The molecule has 10 heteroatoms. The molecule has 5 rings (SSSR count). The Hall–Kier alpha value is -3.13. The SMILES string of the molecule is O[C@@H]1[C@H](O)[C@@H](CC#Cc2ccccc2F)O[C@H]1n1cnc2c(NCC3CCCCC3F)ncnc21. The van der Waals surface area contributed by atoms with E-state index in [1.165, 1.54) is 18.7 Å². The van der Waals surface area contributed by atoms with Gasteiger partial charge in [0.15, 0.2) is 23.2 Å². The van der Waals surface area contributed by atoms with Crippen LogP contribution < -0.4 is 5.32 Å². The number of nitrogens with one attached hydrogen (secondary N) is 1. The molecule has 0 radical (unpaired) electrons. The number of imidazole rings is 1. The third kappa shape index (κ3) is 4.85. The van der Waals surface area contributed by atoms with Crippen molar-refractivity contribution in [2.45, 2.75) is 62.8 Å². The van der Waals surface area contributed by atoms with E-state index in [9.17, 15) is 19.0 Å². The van der Waals surface area contributed by atoms with Crippen LogP contribution in [0.5, 0.6) is 0 Å². The molecule has 0 amide bonds. The van der Waals surface area contributed by atoms with Crippen LogP contribution in [-0.4, -0.2) is 60.8 Å². The molecular formula is C25H27F2N5O3. The fraction of sp³-hybridized carbons (Fsp3) is 0.480. The summed E-state index contributed by atoms with van der Waals surface area (Å²) in [4.78, 5) is 12.9. The van der Waals surface area contributed by atoms with Crippen LogP contribution in [-0.2, 0) is 4.74 Å². The summed E-state index contributed by atoms with van der Waals surface area (Å²) in [6.45, 7) is 0.449. The van der Waals surface area contributed by atoms with Gasteiger partial charge in [-0.25, -0.2) is 23.7 Å². The topological polar surface area (TPSA) is 105 Å². The molecule has 3 aromatic rings. The summed E-state index contributed by atoms with van der Waals surface area (Å²) in [6, 6.07) is 6.16. The number of aromatic nitrogens is 4. The highest BCUT2D eigenvalue weighted by molar-refractivity contribution is 5.82. The predicted molar refractivity (Wildman–Crippen MR) is 124 cm³/mol. The van der Waals surface area contributed by atoms with Crippen molar-refractivity contribution >= 4 is 17.0 Å². The number of hydrogen-bond acceptors (Lipinski definition) is 7. The minimum atomic E-state index is -1.24. The number of halogens is 2. The summed E-state index contributed by atoms with van der Waals surface area (Å²) in [7, 11) is 0. The van der Waals surface area contributed by atoms with Crippen LogP contribution >= 0.6 is 0 Å². The number of aliphatic hydroxyl groups is 2. The molecule has 35 heavy (non-hydrogen) atoms. The predicted octanol–water partition coefficient (Wildman–Crippen LogP) is 2.97. The highest BCUT2D eigenvalue weighted by Gasteiger charge is 2.44. The summed E-state index contributed by atoms with van der Waals surface area (Å²) in [5, 5.41) is 24.4. The van der Waals surface area contributed by atoms with Gasteiger partial charge in [-0.1, -0.05) is 36.8 Å². The Labute approximate surface area is 201 Å². The average Bonchev–Trinajstić information content (AvgIpc) is 3.41. The summed E-state index contributed by atoms with van der Waals surface area (Å²) in [6.07, 6.45) is 1.32. The van der Waals surface area contributed by atoms with Gasteiger partial charge in [-0.05, 0) is 25.0 Å². The van der Waals surface area contributed by atoms with Crippen LogP contribution in [0.15, 0.2) is 36.9 Å². The molecule has 1 aliphatic heterocycles. The van der Waals surface area contributed by atoms with Crippen molar-refractivity contribution < 1.29 is 23.7 Å². The number of alkyl halides is 1. The van der Waals surface area contributed by atoms with Gasteiger partial charge in [0.1, 0.15) is 30.5 Å². The fourth-order valence-corrected chi connectivity index (χ4v) is 4.72. The molecule has 2 aliphatic rings. The second kappa shape index (κ2) is 10.2. The summed E-state index contributed by atoms with van der Waals surface area (Å²) < 4.78 is 35.4. The van der Waals surface area contributed by atoms with E-state index in [0.717, 1.165) is 19.3 Å². The molecular weight excluding hydrogens is 456 g/mol. The number of aliphatic hydroxyl groups excluding tert-OH is 2. The molecule has 2 fully saturated rings. The largest absolute Gasteiger partial charge is 0.387 e. The van der Waals surface area contributed by atoms with Gasteiger partial charge < -0.3 is 20.3 Å². The maximum Gasteiger partial charge on any atom is 0.167 e. The van der Waals surface area contributed by atoms with Gasteiger partial charge in [-0.3, -0.25) is 4.57 Å². The van der Waals surface area contributed by atoms with E-state index >= 15 is 0 Å². The number of benzene rings is 1. The fourth-order valence-electron chi connectivity index (χ4n) is 4.72. The highest BCUT2D eigenvalue weighted by Crippen LogP contribution is 2.34. The number of anilines is 1. The van der Waals surface area contributed by atoms with E-state index in [1.54, 1.807) is 22.8 Å². The van der Waals surface area contributed by atoms with Crippen LogP contribution in [0.25, 0.3) is 11.2 Å². The standard InChI is InChI=1S/C25H27F2N5O3/c26-17-9-3-1-6-15(17)8-5-11-19-21(33)22(34)25(35-19)32-14-31-20-23(29-13-30-24(20)32)28-12-16-7-2-4-10-18(16)27/h1,3,6,9,13-14,16,18-19,21-22,25,33-34H,2,4,7,10-12H2,(H,28,29,30)/t16?,18?,19-,21-,22-,25-/m1/s1. The van der Waals surface area contributed by atoms with Gasteiger partial charge in [0.2, 0.25) is 0 Å². The van der Waals surface area contributed by atoms with E-state index in [1.807, 2.05) is 0 Å². The first-order valence-corrected chi connectivity index (χ1v) is 11.8. The van der Waals surface area contributed by atoms with Crippen molar-refractivity contribution in [3.05, 3.63) is 48.3 Å². The Morgan fingerprint density at radius 3 is 2.77 bits per heavy atom. The minimum absolute atomic E-state index is 0.0720. The van der Waals surface area contributed by atoms with Crippen LogP contribution in [0.1, 0.15) is 43.9 Å². The monoisotopic (exact) mass is 483 g/mol. The van der Waals surface area contributed by atoms with Gasteiger partial charge in [-0.15, -0.1) is 0 Å². The lowest BCUT2D eigenvalue weighted by molar-refractivity contribution is -0.0332. The first-order chi connectivity index (χ1) is 17.0. The van der Waals surface area contributed by atoms with E-state index in [4.69, 9.17) is 4.74 Å². The van der Waals surface area contributed by atoms with Gasteiger partial charge >= 0.3 is 0 Å². The quantitative estimate of drug-likeness (QED) is 0.479. The molecule has 6 atom stereocenters. The zero-order chi connectivity index (χ0) is 24.4. The third-order valence-corrected chi connectivity index (χ3v) is 6.72. The zero-order valence-electron chi connectivity index (χ0n) is 19.0. The second-order valence-corrected chi connectivity index (χ2v) is 9.02. The number of ether oxygens (including phenoxy) is 1. The molecule has 3 N–H and O–H groups in total. The van der Waals surface area contributed by atoms with Crippen LogP contribution in [0.2, 0.25) is 0 Å². The Morgan fingerprint density at radius 1 is 1.11 bits per heavy atom. The Morgan fingerprint density at radius 2 is 1.94 bits per heavy atom. The lowest BCUT2D eigenvalue weighted by Gasteiger charge is -2.26. The minimum Gasteiger partial charge on any atom is -0.387 e. The molecule has 1 saturated carbocycles. The van der Waals surface area contributed by atoms with Gasteiger partial charge in [0, 0.05) is 18.9 Å². The molecule has 8 nitrogen and oxygen atoms in total. The number of nitrogens with zero attached hydrogens (tertiary/aromatic N) is 4. The Balaban J connectivity index is 1.30. The molecule has 2 aromatic heterocycles. The lowest BCUT2D eigenvalue weighted by Crippen LogP contribution is -2.31. The van der Waals surface area contributed by atoms with E-state index < -0.39 is 36.5 Å². The Bertz CT molecular complexity index is 1240. The van der Waals surface area contributed by atoms with Crippen LogP contribution in [0, 0.1) is 23.6 Å². The second-order valence-electron chi connectivity index (χ2n) is 9.02. The number of hydrogen-bond donors (Lipinski definition) is 3.